The van der Waals surface area contributed by atoms with Crippen LogP contribution in [0.2, 0.25) is 0 Å². The first-order valence-corrected chi connectivity index (χ1v) is 8.55. The van der Waals surface area contributed by atoms with Gasteiger partial charge < -0.3 is 5.11 Å². The van der Waals surface area contributed by atoms with Crippen molar-refractivity contribution in [1.29, 1.82) is 0 Å². The average molecular weight is 323 g/mol. The van der Waals surface area contributed by atoms with Gasteiger partial charge in [0, 0.05) is 18.5 Å². The summed E-state index contributed by atoms with van der Waals surface area (Å²) in [5.41, 5.74) is 4.43. The molecule has 2 N–H and O–H groups in total. The molecule has 2 aromatic carbocycles. The zero-order valence-electron chi connectivity index (χ0n) is 14.4. The van der Waals surface area contributed by atoms with E-state index in [4.69, 9.17) is 0 Å². The fraction of sp³-hybridized carbons (Fsp3) is 0.350. The Balaban J connectivity index is 1.64. The highest BCUT2D eigenvalue weighted by Gasteiger charge is 2.14. The van der Waals surface area contributed by atoms with Crippen molar-refractivity contribution in [2.45, 2.75) is 32.9 Å². The van der Waals surface area contributed by atoms with Crippen LogP contribution >= 0.6 is 0 Å². The lowest BCUT2D eigenvalue weighted by Gasteiger charge is -2.23. The van der Waals surface area contributed by atoms with Crippen molar-refractivity contribution >= 4 is 10.9 Å². The number of H-pyrrole nitrogens is 1. The molecule has 1 atom stereocenters. The molecule has 4 heteroatoms. The molecule has 0 saturated heterocycles. The molecule has 0 amide bonds. The number of hydrogen-bond donors (Lipinski definition) is 2. The van der Waals surface area contributed by atoms with E-state index >= 15 is 0 Å². The Morgan fingerprint density at radius 3 is 2.75 bits per heavy atom. The Morgan fingerprint density at radius 1 is 1.21 bits per heavy atom. The van der Waals surface area contributed by atoms with E-state index in [9.17, 15) is 5.11 Å². The Morgan fingerprint density at radius 2 is 2.00 bits per heavy atom. The van der Waals surface area contributed by atoms with Gasteiger partial charge >= 0.3 is 0 Å². The van der Waals surface area contributed by atoms with E-state index in [1.165, 1.54) is 5.56 Å². The standard InChI is InChI=1S/C20H25N3O/c1-3-23(14-16-7-5-4-6-8-16)10-9-20(24)18-12-17-13-21-22-19(17)11-15(18)2/h4-8,11-13,20,24H,3,9-10,14H2,1-2H3,(H,21,22). The monoisotopic (exact) mass is 323 g/mol. The number of aliphatic hydroxyl groups excluding tert-OH is 1. The zero-order chi connectivity index (χ0) is 16.9. The second-order valence-electron chi connectivity index (χ2n) is 6.32. The molecule has 1 heterocycles. The second-order valence-corrected chi connectivity index (χ2v) is 6.32. The van der Waals surface area contributed by atoms with Crippen molar-refractivity contribution in [2.24, 2.45) is 0 Å². The minimum absolute atomic E-state index is 0.450. The highest BCUT2D eigenvalue weighted by atomic mass is 16.3. The Hall–Kier alpha value is -2.17. The number of nitrogens with one attached hydrogen (secondary N) is 1. The van der Waals surface area contributed by atoms with Gasteiger partial charge in [0.2, 0.25) is 0 Å². The van der Waals surface area contributed by atoms with Gasteiger partial charge in [0.1, 0.15) is 0 Å². The molecule has 1 unspecified atom stereocenters. The van der Waals surface area contributed by atoms with Gasteiger partial charge in [-0.2, -0.15) is 5.10 Å². The highest BCUT2D eigenvalue weighted by molar-refractivity contribution is 5.79. The van der Waals surface area contributed by atoms with E-state index in [0.717, 1.165) is 48.1 Å². The maximum Gasteiger partial charge on any atom is 0.0805 e. The van der Waals surface area contributed by atoms with Gasteiger partial charge in [0.05, 0.1) is 17.8 Å². The molecule has 0 spiro atoms. The molecule has 3 aromatic rings. The molecule has 0 radical (unpaired) electrons. The largest absolute Gasteiger partial charge is 0.388 e. The second kappa shape index (κ2) is 7.60. The van der Waals surface area contributed by atoms with E-state index in [0.29, 0.717) is 0 Å². The van der Waals surface area contributed by atoms with E-state index in [-0.39, 0.29) is 0 Å². The summed E-state index contributed by atoms with van der Waals surface area (Å²) in [7, 11) is 0. The first kappa shape index (κ1) is 16.7. The number of rotatable bonds is 7. The molecule has 0 aliphatic rings. The van der Waals surface area contributed by atoms with Gasteiger partial charge in [0.25, 0.3) is 0 Å². The van der Waals surface area contributed by atoms with Gasteiger partial charge in [-0.1, -0.05) is 37.3 Å². The quantitative estimate of drug-likeness (QED) is 0.695. The molecule has 0 aliphatic heterocycles. The Labute approximate surface area is 143 Å². The summed E-state index contributed by atoms with van der Waals surface area (Å²) in [6.07, 6.45) is 2.08. The number of aryl methyl sites for hydroxylation is 1. The number of aromatic nitrogens is 2. The number of benzene rings is 2. The minimum atomic E-state index is -0.450. The molecular weight excluding hydrogens is 298 g/mol. The van der Waals surface area contributed by atoms with Crippen molar-refractivity contribution in [1.82, 2.24) is 15.1 Å². The number of aliphatic hydroxyl groups is 1. The predicted molar refractivity (Wildman–Crippen MR) is 97.8 cm³/mol. The fourth-order valence-corrected chi connectivity index (χ4v) is 3.13. The van der Waals surface area contributed by atoms with Gasteiger partial charge in [-0.3, -0.25) is 10.00 Å². The van der Waals surface area contributed by atoms with Crippen LogP contribution in [0.25, 0.3) is 10.9 Å². The summed E-state index contributed by atoms with van der Waals surface area (Å²) < 4.78 is 0. The van der Waals surface area contributed by atoms with Gasteiger partial charge in [0.15, 0.2) is 0 Å². The first-order chi connectivity index (χ1) is 11.7. The molecule has 0 aliphatic carbocycles. The number of aromatic amines is 1. The fourth-order valence-electron chi connectivity index (χ4n) is 3.13. The molecule has 1 aromatic heterocycles. The molecule has 3 rings (SSSR count). The minimum Gasteiger partial charge on any atom is -0.388 e. The summed E-state index contributed by atoms with van der Waals surface area (Å²) in [4.78, 5) is 2.37. The molecular formula is C20H25N3O. The SMILES string of the molecule is CCN(CCC(O)c1cc2cn[nH]c2cc1C)Cc1ccccc1. The normalized spacial score (nSPS) is 12.8. The highest BCUT2D eigenvalue weighted by Crippen LogP contribution is 2.25. The number of nitrogens with zero attached hydrogens (tertiary/aromatic N) is 2. The molecule has 0 saturated carbocycles. The first-order valence-electron chi connectivity index (χ1n) is 8.55. The van der Waals surface area contributed by atoms with Crippen LogP contribution in [0.4, 0.5) is 0 Å². The average Bonchev–Trinajstić information content (AvgIpc) is 3.05. The van der Waals surface area contributed by atoms with Gasteiger partial charge in [-0.15, -0.1) is 0 Å². The molecule has 4 nitrogen and oxygen atoms in total. The third-order valence-corrected chi connectivity index (χ3v) is 4.60. The van der Waals surface area contributed by atoms with E-state index in [1.54, 1.807) is 6.20 Å². The van der Waals surface area contributed by atoms with E-state index < -0.39 is 6.10 Å². The molecule has 24 heavy (non-hydrogen) atoms. The smallest absolute Gasteiger partial charge is 0.0805 e. The van der Waals surface area contributed by atoms with Crippen LogP contribution in [0.5, 0.6) is 0 Å². The predicted octanol–water partition coefficient (Wildman–Crippen LogP) is 3.82. The van der Waals surface area contributed by atoms with E-state index in [1.807, 2.05) is 19.1 Å². The summed E-state index contributed by atoms with van der Waals surface area (Å²) in [5.74, 6) is 0. The van der Waals surface area contributed by atoms with Crippen molar-refractivity contribution in [3.05, 3.63) is 65.4 Å². The Bertz CT molecular complexity index is 782. The third-order valence-electron chi connectivity index (χ3n) is 4.60. The van der Waals surface area contributed by atoms with E-state index in [2.05, 4.69) is 52.4 Å². The molecule has 0 fully saturated rings. The van der Waals surface area contributed by atoms with Gasteiger partial charge in [-0.05, 0) is 48.7 Å². The van der Waals surface area contributed by atoms with Crippen LogP contribution < -0.4 is 0 Å². The lowest BCUT2D eigenvalue weighted by molar-refractivity contribution is 0.141. The van der Waals surface area contributed by atoms with Crippen molar-refractivity contribution in [3.63, 3.8) is 0 Å². The summed E-state index contributed by atoms with van der Waals surface area (Å²) >= 11 is 0. The third kappa shape index (κ3) is 3.83. The topological polar surface area (TPSA) is 52.1 Å². The van der Waals surface area contributed by atoms with Crippen LogP contribution in [-0.2, 0) is 6.54 Å². The lowest BCUT2D eigenvalue weighted by atomic mass is 9.99. The van der Waals surface area contributed by atoms with Crippen LogP contribution in [0.1, 0.15) is 36.1 Å². The maximum atomic E-state index is 10.7. The summed E-state index contributed by atoms with van der Waals surface area (Å²) in [6, 6.07) is 14.6. The van der Waals surface area contributed by atoms with Crippen molar-refractivity contribution in [3.8, 4) is 0 Å². The van der Waals surface area contributed by atoms with Crippen LogP contribution in [0.15, 0.2) is 48.7 Å². The van der Waals surface area contributed by atoms with Crippen molar-refractivity contribution in [2.75, 3.05) is 13.1 Å². The van der Waals surface area contributed by atoms with Crippen LogP contribution in [0.3, 0.4) is 0 Å². The van der Waals surface area contributed by atoms with Gasteiger partial charge in [-0.25, -0.2) is 0 Å². The lowest BCUT2D eigenvalue weighted by Crippen LogP contribution is -2.25. The molecule has 0 bridgehead atoms. The Kier molecular flexibility index (Phi) is 5.28. The van der Waals surface area contributed by atoms with Crippen molar-refractivity contribution < 1.29 is 5.11 Å². The number of hydrogen-bond acceptors (Lipinski definition) is 3. The maximum absolute atomic E-state index is 10.7. The summed E-state index contributed by atoms with van der Waals surface area (Å²) in [5, 5.41) is 18.7. The molecule has 126 valence electrons. The zero-order valence-corrected chi connectivity index (χ0v) is 14.4. The summed E-state index contributed by atoms with van der Waals surface area (Å²) in [6.45, 7) is 6.97. The number of fused-ring (bicyclic) bond motifs is 1. The van der Waals surface area contributed by atoms with Crippen LogP contribution in [0, 0.1) is 6.92 Å². The van der Waals surface area contributed by atoms with Crippen LogP contribution in [-0.4, -0.2) is 33.3 Å².